The molecule has 2 saturated heterocycles. The van der Waals surface area contributed by atoms with E-state index in [1.54, 1.807) is 0 Å². The Morgan fingerprint density at radius 2 is 2.12 bits per heavy atom. The van der Waals surface area contributed by atoms with Gasteiger partial charge < -0.3 is 19.9 Å². The van der Waals surface area contributed by atoms with E-state index in [0.29, 0.717) is 6.10 Å². The van der Waals surface area contributed by atoms with E-state index in [2.05, 4.69) is 0 Å². The van der Waals surface area contributed by atoms with Gasteiger partial charge in [0.1, 0.15) is 0 Å². The Bertz CT molecular complexity index is 265. The fourth-order valence-corrected chi connectivity index (χ4v) is 3.33. The molecular weight excluding hydrogens is 218 g/mol. The predicted molar refractivity (Wildman–Crippen MR) is 63.8 cm³/mol. The van der Waals surface area contributed by atoms with E-state index >= 15 is 0 Å². The second kappa shape index (κ2) is 4.84. The molecule has 1 spiro atoms. The van der Waals surface area contributed by atoms with Crippen LogP contribution >= 0.6 is 0 Å². The van der Waals surface area contributed by atoms with Gasteiger partial charge in [0.25, 0.3) is 0 Å². The lowest BCUT2D eigenvalue weighted by Crippen LogP contribution is -2.45. The molecule has 3 fully saturated rings. The van der Waals surface area contributed by atoms with Crippen LogP contribution in [0.5, 0.6) is 0 Å². The van der Waals surface area contributed by atoms with E-state index in [9.17, 15) is 0 Å². The minimum atomic E-state index is -0.0500. The van der Waals surface area contributed by atoms with E-state index in [0.717, 1.165) is 51.9 Å². The minimum Gasteiger partial charge on any atom is -0.378 e. The zero-order valence-corrected chi connectivity index (χ0v) is 10.4. The van der Waals surface area contributed by atoms with Crippen LogP contribution < -0.4 is 5.73 Å². The smallest absolute Gasteiger partial charge is 0.0961 e. The Balaban J connectivity index is 1.56. The maximum absolute atomic E-state index is 6.19. The van der Waals surface area contributed by atoms with Crippen LogP contribution in [0.15, 0.2) is 0 Å². The monoisotopic (exact) mass is 241 g/mol. The van der Waals surface area contributed by atoms with Crippen molar-refractivity contribution in [3.05, 3.63) is 0 Å². The number of rotatable bonds is 2. The Morgan fingerprint density at radius 3 is 2.82 bits per heavy atom. The highest BCUT2D eigenvalue weighted by Crippen LogP contribution is 2.35. The molecule has 2 aliphatic heterocycles. The van der Waals surface area contributed by atoms with Crippen LogP contribution in [0, 0.1) is 0 Å². The van der Waals surface area contributed by atoms with Gasteiger partial charge in [0.05, 0.1) is 24.4 Å². The summed E-state index contributed by atoms with van der Waals surface area (Å²) in [5.74, 6) is 0. The zero-order chi connectivity index (χ0) is 11.7. The molecule has 98 valence electrons. The maximum Gasteiger partial charge on any atom is 0.0961 e. The summed E-state index contributed by atoms with van der Waals surface area (Å²) in [5.41, 5.74) is 6.01. The average Bonchev–Trinajstić information content (AvgIpc) is 2.91. The first kappa shape index (κ1) is 11.9. The van der Waals surface area contributed by atoms with Crippen molar-refractivity contribution in [1.29, 1.82) is 0 Å². The van der Waals surface area contributed by atoms with Gasteiger partial charge in [0, 0.05) is 32.1 Å². The quantitative estimate of drug-likeness (QED) is 0.790. The number of nitrogens with two attached hydrogens (primary N) is 1. The normalized spacial score (nSPS) is 46.8. The van der Waals surface area contributed by atoms with Gasteiger partial charge in [-0.1, -0.05) is 0 Å². The van der Waals surface area contributed by atoms with Crippen molar-refractivity contribution in [3.8, 4) is 0 Å². The first-order chi connectivity index (χ1) is 8.27. The van der Waals surface area contributed by atoms with Crippen molar-refractivity contribution in [1.82, 2.24) is 0 Å². The van der Waals surface area contributed by atoms with E-state index in [1.807, 2.05) is 0 Å². The summed E-state index contributed by atoms with van der Waals surface area (Å²) in [4.78, 5) is 0. The molecule has 2 N–H and O–H groups in total. The summed E-state index contributed by atoms with van der Waals surface area (Å²) in [5, 5.41) is 0. The SMILES string of the molecule is NC1CCCC1OC1CCOC2(CCOC2)C1. The summed E-state index contributed by atoms with van der Waals surface area (Å²) in [6.45, 7) is 2.37. The molecule has 0 bridgehead atoms. The summed E-state index contributed by atoms with van der Waals surface area (Å²) in [6.07, 6.45) is 7.05. The van der Waals surface area contributed by atoms with Gasteiger partial charge in [-0.2, -0.15) is 0 Å². The summed E-state index contributed by atoms with van der Waals surface area (Å²) in [7, 11) is 0. The second-order valence-electron chi connectivity index (χ2n) is 5.72. The van der Waals surface area contributed by atoms with Crippen LogP contribution in [0.2, 0.25) is 0 Å². The third kappa shape index (κ3) is 2.50. The van der Waals surface area contributed by atoms with Crippen LogP contribution in [0.1, 0.15) is 38.5 Å². The molecule has 0 aromatic carbocycles. The van der Waals surface area contributed by atoms with Crippen LogP contribution in [0.3, 0.4) is 0 Å². The number of ether oxygens (including phenoxy) is 3. The molecule has 17 heavy (non-hydrogen) atoms. The first-order valence-corrected chi connectivity index (χ1v) is 6.90. The van der Waals surface area contributed by atoms with E-state index in [-0.39, 0.29) is 17.7 Å². The molecule has 3 rings (SSSR count). The number of hydrogen-bond donors (Lipinski definition) is 1. The van der Waals surface area contributed by atoms with Crippen molar-refractivity contribution in [3.63, 3.8) is 0 Å². The molecular formula is C13H23NO3. The van der Waals surface area contributed by atoms with Gasteiger partial charge in [0.2, 0.25) is 0 Å². The van der Waals surface area contributed by atoms with Crippen molar-refractivity contribution in [2.45, 2.75) is 62.4 Å². The Labute approximate surface area is 103 Å². The van der Waals surface area contributed by atoms with Gasteiger partial charge in [0.15, 0.2) is 0 Å². The Kier molecular flexibility index (Phi) is 3.39. The molecule has 0 aromatic rings. The van der Waals surface area contributed by atoms with Crippen molar-refractivity contribution >= 4 is 0 Å². The molecule has 3 aliphatic rings. The summed E-state index contributed by atoms with van der Waals surface area (Å²) >= 11 is 0. The topological polar surface area (TPSA) is 53.7 Å². The van der Waals surface area contributed by atoms with Crippen LogP contribution in [0.4, 0.5) is 0 Å². The number of hydrogen-bond acceptors (Lipinski definition) is 4. The lowest BCUT2D eigenvalue weighted by molar-refractivity contribution is -0.147. The lowest BCUT2D eigenvalue weighted by Gasteiger charge is -2.38. The lowest BCUT2D eigenvalue weighted by atomic mass is 9.91. The van der Waals surface area contributed by atoms with E-state index < -0.39 is 0 Å². The minimum absolute atomic E-state index is 0.0500. The molecule has 4 atom stereocenters. The largest absolute Gasteiger partial charge is 0.378 e. The van der Waals surface area contributed by atoms with E-state index in [1.165, 1.54) is 6.42 Å². The molecule has 4 unspecified atom stereocenters. The van der Waals surface area contributed by atoms with Crippen LogP contribution in [-0.4, -0.2) is 43.7 Å². The van der Waals surface area contributed by atoms with Gasteiger partial charge in [-0.3, -0.25) is 0 Å². The fourth-order valence-electron chi connectivity index (χ4n) is 3.33. The molecule has 0 radical (unpaired) electrons. The highest BCUT2D eigenvalue weighted by Gasteiger charge is 2.42. The molecule has 0 amide bonds. The van der Waals surface area contributed by atoms with Gasteiger partial charge in [-0.25, -0.2) is 0 Å². The van der Waals surface area contributed by atoms with Gasteiger partial charge in [-0.15, -0.1) is 0 Å². The standard InChI is InChI=1S/C13H23NO3/c14-11-2-1-3-12(11)17-10-4-6-16-13(8-10)5-7-15-9-13/h10-12H,1-9,14H2. The fraction of sp³-hybridized carbons (Fsp3) is 1.00. The molecule has 1 saturated carbocycles. The molecule has 2 heterocycles. The summed E-state index contributed by atoms with van der Waals surface area (Å²) in [6, 6.07) is 0.244. The third-order valence-electron chi connectivity index (χ3n) is 4.39. The van der Waals surface area contributed by atoms with Crippen LogP contribution in [-0.2, 0) is 14.2 Å². The van der Waals surface area contributed by atoms with Crippen molar-refractivity contribution < 1.29 is 14.2 Å². The Hall–Kier alpha value is -0.160. The summed E-state index contributed by atoms with van der Waals surface area (Å²) < 4.78 is 17.6. The maximum atomic E-state index is 6.19. The predicted octanol–water partition coefficient (Wildman–Crippen LogP) is 1.22. The zero-order valence-electron chi connectivity index (χ0n) is 10.4. The molecule has 4 heteroatoms. The van der Waals surface area contributed by atoms with Gasteiger partial charge >= 0.3 is 0 Å². The van der Waals surface area contributed by atoms with Crippen molar-refractivity contribution in [2.24, 2.45) is 5.73 Å². The molecule has 4 nitrogen and oxygen atoms in total. The molecule has 0 aromatic heterocycles. The average molecular weight is 241 g/mol. The first-order valence-electron chi connectivity index (χ1n) is 6.90. The van der Waals surface area contributed by atoms with Crippen molar-refractivity contribution in [2.75, 3.05) is 19.8 Å². The highest BCUT2D eigenvalue weighted by molar-refractivity contribution is 4.92. The van der Waals surface area contributed by atoms with Crippen LogP contribution in [0.25, 0.3) is 0 Å². The second-order valence-corrected chi connectivity index (χ2v) is 5.72. The van der Waals surface area contributed by atoms with E-state index in [4.69, 9.17) is 19.9 Å². The Morgan fingerprint density at radius 1 is 1.18 bits per heavy atom. The van der Waals surface area contributed by atoms with Gasteiger partial charge in [-0.05, 0) is 25.7 Å². The highest BCUT2D eigenvalue weighted by atomic mass is 16.6. The molecule has 1 aliphatic carbocycles. The third-order valence-corrected chi connectivity index (χ3v) is 4.39.